The number of anilines is 1. The number of esters is 1. The zero-order valence-electron chi connectivity index (χ0n) is 16.1. The lowest BCUT2D eigenvalue weighted by molar-refractivity contribution is -0.146. The third kappa shape index (κ3) is 4.21. The van der Waals surface area contributed by atoms with Gasteiger partial charge in [-0.1, -0.05) is 13.0 Å². The van der Waals surface area contributed by atoms with Crippen molar-refractivity contribution in [1.29, 1.82) is 0 Å². The van der Waals surface area contributed by atoms with E-state index in [9.17, 15) is 9.59 Å². The smallest absolute Gasteiger partial charge is 0.323 e. The number of hydrogen-bond acceptors (Lipinski definition) is 6. The molecule has 0 bridgehead atoms. The maximum absolute atomic E-state index is 11.9. The Morgan fingerprint density at radius 3 is 2.86 bits per heavy atom. The number of allylic oxidation sites excluding steroid dienone is 3. The van der Waals surface area contributed by atoms with Crippen LogP contribution in [0.4, 0.5) is 10.6 Å². The van der Waals surface area contributed by atoms with Crippen LogP contribution in [-0.4, -0.2) is 40.0 Å². The number of amides is 2. The first kappa shape index (κ1) is 19.6. The van der Waals surface area contributed by atoms with Crippen LogP contribution in [0.3, 0.4) is 0 Å². The molecule has 1 aliphatic heterocycles. The lowest BCUT2D eigenvalue weighted by Gasteiger charge is -2.29. The second-order valence-electron chi connectivity index (χ2n) is 7.07. The van der Waals surface area contributed by atoms with Gasteiger partial charge in [0.05, 0.1) is 13.0 Å². The molecule has 3 rings (SSSR count). The van der Waals surface area contributed by atoms with Crippen molar-refractivity contribution in [2.24, 2.45) is 11.7 Å². The highest BCUT2D eigenvalue weighted by Gasteiger charge is 2.28. The second kappa shape index (κ2) is 8.24. The number of nitrogens with one attached hydrogen (secondary N) is 1. The van der Waals surface area contributed by atoms with Gasteiger partial charge in [0, 0.05) is 35.3 Å². The van der Waals surface area contributed by atoms with Crippen molar-refractivity contribution in [3.63, 3.8) is 0 Å². The number of urea groups is 1. The van der Waals surface area contributed by atoms with Crippen molar-refractivity contribution >= 4 is 23.4 Å². The van der Waals surface area contributed by atoms with Crippen molar-refractivity contribution < 1.29 is 14.3 Å². The number of primary amides is 1. The molecule has 28 heavy (non-hydrogen) atoms. The fraction of sp³-hybridized carbons (Fsp3) is 0.400. The van der Waals surface area contributed by atoms with Gasteiger partial charge in [-0.25, -0.2) is 14.8 Å². The van der Waals surface area contributed by atoms with Gasteiger partial charge in [-0.3, -0.25) is 9.69 Å². The molecule has 0 saturated heterocycles. The number of ether oxygens (including phenoxy) is 1. The lowest BCUT2D eigenvalue weighted by Crippen LogP contribution is -2.32. The van der Waals surface area contributed by atoms with E-state index < -0.39 is 6.03 Å². The molecule has 148 valence electrons. The van der Waals surface area contributed by atoms with Crippen molar-refractivity contribution in [3.05, 3.63) is 48.2 Å². The Morgan fingerprint density at radius 2 is 2.14 bits per heavy atom. The van der Waals surface area contributed by atoms with Gasteiger partial charge in [0.2, 0.25) is 0 Å². The summed E-state index contributed by atoms with van der Waals surface area (Å²) < 4.78 is 4.89. The molecule has 8 nitrogen and oxygen atoms in total. The molecule has 2 amide bonds. The number of nitrogens with two attached hydrogens (primary N) is 1. The summed E-state index contributed by atoms with van der Waals surface area (Å²) in [5, 5.41) is 3.45. The number of aryl methyl sites for hydroxylation is 1. The molecule has 1 fully saturated rings. The number of carbonyl (C=O) groups excluding carboxylic acids is 2. The van der Waals surface area contributed by atoms with Crippen LogP contribution in [0.15, 0.2) is 36.8 Å². The normalized spacial score (nSPS) is 21.9. The fourth-order valence-corrected chi connectivity index (χ4v) is 3.49. The second-order valence-corrected chi connectivity index (χ2v) is 7.07. The summed E-state index contributed by atoms with van der Waals surface area (Å²) in [5.41, 5.74) is 7.43. The Bertz CT molecular complexity index is 861. The van der Waals surface area contributed by atoms with Crippen LogP contribution in [0.1, 0.15) is 37.1 Å². The van der Waals surface area contributed by atoms with E-state index in [1.54, 1.807) is 24.5 Å². The fourth-order valence-electron chi connectivity index (χ4n) is 3.49. The number of methoxy groups -OCH3 is 1. The minimum Gasteiger partial charge on any atom is -0.469 e. The van der Waals surface area contributed by atoms with Crippen LogP contribution in [0.25, 0.3) is 5.57 Å². The van der Waals surface area contributed by atoms with Crippen LogP contribution in [0.5, 0.6) is 0 Å². The molecule has 3 N–H and O–H groups in total. The highest BCUT2D eigenvalue weighted by Crippen LogP contribution is 2.29. The van der Waals surface area contributed by atoms with Crippen LogP contribution in [-0.2, 0) is 9.53 Å². The maximum atomic E-state index is 11.9. The number of carbonyl (C=O) groups is 2. The Kier molecular flexibility index (Phi) is 5.77. The molecular formula is C20H25N5O3. The van der Waals surface area contributed by atoms with E-state index in [2.05, 4.69) is 21.9 Å². The van der Waals surface area contributed by atoms with Crippen LogP contribution in [0, 0.1) is 12.8 Å². The maximum Gasteiger partial charge on any atom is 0.323 e. The summed E-state index contributed by atoms with van der Waals surface area (Å²) in [6.07, 6.45) is 10.3. The van der Waals surface area contributed by atoms with Gasteiger partial charge in [-0.2, -0.15) is 0 Å². The third-order valence-electron chi connectivity index (χ3n) is 5.05. The molecule has 1 aromatic heterocycles. The number of nitrogens with zero attached hydrogens (tertiary/aromatic N) is 3. The first-order chi connectivity index (χ1) is 13.4. The average molecular weight is 383 g/mol. The van der Waals surface area contributed by atoms with E-state index in [0.29, 0.717) is 29.3 Å². The SMILES string of the molecule is C=C1C=CC(c2ncc(C)c(N[C@H]3CCC[C@@H](C(=O)OC)C3)n2)=CN1C(N)=O. The summed E-state index contributed by atoms with van der Waals surface area (Å²) >= 11 is 0. The Balaban J connectivity index is 1.80. The summed E-state index contributed by atoms with van der Waals surface area (Å²) in [4.78, 5) is 33.7. The number of aromatic nitrogens is 2. The van der Waals surface area contributed by atoms with Crippen LogP contribution < -0.4 is 11.1 Å². The molecule has 1 aliphatic carbocycles. The quantitative estimate of drug-likeness (QED) is 0.774. The lowest BCUT2D eigenvalue weighted by atomic mass is 9.85. The molecule has 1 aromatic rings. The molecule has 0 spiro atoms. The predicted octanol–water partition coefficient (Wildman–Crippen LogP) is 2.73. The van der Waals surface area contributed by atoms with Crippen molar-refractivity contribution in [1.82, 2.24) is 14.9 Å². The van der Waals surface area contributed by atoms with Gasteiger partial charge in [-0.05, 0) is 38.3 Å². The monoisotopic (exact) mass is 383 g/mol. The van der Waals surface area contributed by atoms with Crippen molar-refractivity contribution in [2.75, 3.05) is 12.4 Å². The van der Waals surface area contributed by atoms with E-state index >= 15 is 0 Å². The van der Waals surface area contributed by atoms with E-state index in [4.69, 9.17) is 10.5 Å². The predicted molar refractivity (Wildman–Crippen MR) is 106 cm³/mol. The molecule has 0 aromatic carbocycles. The highest BCUT2D eigenvalue weighted by atomic mass is 16.5. The first-order valence-corrected chi connectivity index (χ1v) is 9.25. The Morgan fingerprint density at radius 1 is 1.36 bits per heavy atom. The summed E-state index contributed by atoms with van der Waals surface area (Å²) in [5.74, 6) is 0.945. The third-order valence-corrected chi connectivity index (χ3v) is 5.05. The molecule has 8 heteroatoms. The molecule has 0 unspecified atom stereocenters. The van der Waals surface area contributed by atoms with E-state index in [1.807, 2.05) is 6.92 Å². The average Bonchev–Trinajstić information content (AvgIpc) is 2.69. The first-order valence-electron chi connectivity index (χ1n) is 9.25. The molecule has 1 saturated carbocycles. The summed E-state index contributed by atoms with van der Waals surface area (Å²) in [6.45, 7) is 5.71. The van der Waals surface area contributed by atoms with Gasteiger partial charge < -0.3 is 15.8 Å². The topological polar surface area (TPSA) is 110 Å². The minimum absolute atomic E-state index is 0.0861. The molecule has 2 aliphatic rings. The summed E-state index contributed by atoms with van der Waals surface area (Å²) in [7, 11) is 1.43. The van der Waals surface area contributed by atoms with Crippen molar-refractivity contribution in [2.45, 2.75) is 38.6 Å². The minimum atomic E-state index is -0.617. The summed E-state index contributed by atoms with van der Waals surface area (Å²) in [6, 6.07) is -0.481. The van der Waals surface area contributed by atoms with Gasteiger partial charge in [-0.15, -0.1) is 0 Å². The van der Waals surface area contributed by atoms with E-state index in [-0.39, 0.29) is 17.9 Å². The van der Waals surface area contributed by atoms with Gasteiger partial charge >= 0.3 is 12.0 Å². The van der Waals surface area contributed by atoms with Crippen LogP contribution >= 0.6 is 0 Å². The number of hydrogen-bond donors (Lipinski definition) is 2. The zero-order valence-corrected chi connectivity index (χ0v) is 16.1. The molecule has 2 heterocycles. The Labute approximate surface area is 164 Å². The van der Waals surface area contributed by atoms with E-state index in [1.165, 1.54) is 12.0 Å². The largest absolute Gasteiger partial charge is 0.469 e. The Hall–Kier alpha value is -3.16. The highest BCUT2D eigenvalue weighted by molar-refractivity contribution is 5.82. The van der Waals surface area contributed by atoms with Gasteiger partial charge in [0.1, 0.15) is 5.82 Å². The van der Waals surface area contributed by atoms with Crippen LogP contribution in [0.2, 0.25) is 0 Å². The van der Waals surface area contributed by atoms with E-state index in [0.717, 1.165) is 24.8 Å². The standard InChI is InChI=1S/C20H25N5O3/c1-12-10-22-18(15-8-7-13(2)25(11-15)20(21)27)24-17(12)23-16-6-4-5-14(9-16)19(26)28-3/h7-8,10-11,14,16H,2,4-6,9H2,1,3H3,(H2,21,27)(H,22,23,24)/t14-,16+/m1/s1. The molecular weight excluding hydrogens is 358 g/mol. The van der Waals surface area contributed by atoms with Crippen molar-refractivity contribution in [3.8, 4) is 0 Å². The zero-order chi connectivity index (χ0) is 20.3. The van der Waals surface area contributed by atoms with Gasteiger partial charge in [0.25, 0.3) is 0 Å². The van der Waals surface area contributed by atoms with Gasteiger partial charge in [0.15, 0.2) is 5.82 Å². The molecule has 2 atom stereocenters. The molecule has 0 radical (unpaired) electrons. The number of rotatable bonds is 4.